The van der Waals surface area contributed by atoms with Gasteiger partial charge in [-0.15, -0.1) is 0 Å². The summed E-state index contributed by atoms with van der Waals surface area (Å²) in [6.45, 7) is 1.24. The molecule has 0 spiro atoms. The first-order chi connectivity index (χ1) is 5.47. The molecule has 2 heterocycles. The van der Waals surface area contributed by atoms with Crippen molar-refractivity contribution in [2.45, 2.75) is 25.3 Å². The van der Waals surface area contributed by atoms with E-state index in [-0.39, 0.29) is 0 Å². The van der Waals surface area contributed by atoms with E-state index in [4.69, 9.17) is 0 Å². The number of thioether (sulfide) groups is 1. The summed E-state index contributed by atoms with van der Waals surface area (Å²) >= 11 is 1.99. The predicted molar refractivity (Wildman–Crippen MR) is 50.2 cm³/mol. The minimum atomic E-state index is 0.729. The monoisotopic (exact) mass is 168 g/mol. The summed E-state index contributed by atoms with van der Waals surface area (Å²) in [5.41, 5.74) is 0. The zero-order valence-corrected chi connectivity index (χ0v) is 7.52. The van der Waals surface area contributed by atoms with E-state index < -0.39 is 0 Å². The lowest BCUT2D eigenvalue weighted by Gasteiger charge is -2.30. The summed E-state index contributed by atoms with van der Waals surface area (Å²) < 4.78 is 0. The lowest BCUT2D eigenvalue weighted by atomic mass is 10.1. The molecule has 1 nitrogen and oxygen atoms in total. The van der Waals surface area contributed by atoms with Gasteiger partial charge in [0, 0.05) is 18.3 Å². The largest absolute Gasteiger partial charge is 0.373 e. The van der Waals surface area contributed by atoms with Crippen molar-refractivity contribution in [3.63, 3.8) is 0 Å². The average Bonchev–Trinajstić information content (AvgIpc) is 2.58. The van der Waals surface area contributed by atoms with Crippen LogP contribution in [-0.2, 0) is 0 Å². The molecule has 2 aliphatic rings. The molecule has 0 aliphatic carbocycles. The maximum absolute atomic E-state index is 2.46. The molecule has 2 rings (SSSR count). The molecule has 1 saturated heterocycles. The molecule has 0 saturated carbocycles. The zero-order valence-electron chi connectivity index (χ0n) is 6.70. The van der Waals surface area contributed by atoms with E-state index in [9.17, 15) is 0 Å². The molecule has 0 N–H and O–H groups in total. The molecule has 0 amide bonds. The van der Waals surface area contributed by atoms with Gasteiger partial charge in [-0.3, -0.25) is 0 Å². The van der Waals surface area contributed by atoms with E-state index in [0.29, 0.717) is 0 Å². The van der Waals surface area contributed by atoms with Gasteiger partial charge in [-0.2, -0.15) is 11.8 Å². The molecule has 1 fully saturated rings. The van der Waals surface area contributed by atoms with Gasteiger partial charge >= 0.3 is 0 Å². The minimum absolute atomic E-state index is 0.729. The average molecular weight is 168 g/mol. The normalized spacial score (nSPS) is 31.3. The highest BCUT2D eigenvalue weighted by Crippen LogP contribution is 2.27. The summed E-state index contributed by atoms with van der Waals surface area (Å²) in [7, 11) is 0. The van der Waals surface area contributed by atoms with Crippen LogP contribution in [0.2, 0.25) is 0 Å². The lowest BCUT2D eigenvalue weighted by molar-refractivity contribution is 0.318. The second-order valence-electron chi connectivity index (χ2n) is 3.13. The Morgan fingerprint density at radius 2 is 2.45 bits per heavy atom. The summed E-state index contributed by atoms with van der Waals surface area (Å²) in [5.74, 6) is 3.73. The maximum Gasteiger partial charge on any atom is 0.0415 e. The fraction of sp³-hybridized carbons (Fsp3) is 0.667. The van der Waals surface area contributed by atoms with E-state index in [1.54, 1.807) is 0 Å². The van der Waals surface area contributed by atoms with Crippen LogP contribution < -0.4 is 0 Å². The molecule has 0 aromatic heterocycles. The number of hydrogen-bond acceptors (Lipinski definition) is 2. The van der Waals surface area contributed by atoms with Crippen LogP contribution in [-0.4, -0.2) is 23.2 Å². The molecule has 2 heteroatoms. The smallest absolute Gasteiger partial charge is 0.0415 e. The van der Waals surface area contributed by atoms with Crippen LogP contribution in [0.15, 0.2) is 12.3 Å². The minimum Gasteiger partial charge on any atom is -0.373 e. The first kappa shape index (κ1) is 7.53. The second-order valence-corrected chi connectivity index (χ2v) is 4.14. The first-order valence-electron chi connectivity index (χ1n) is 4.34. The van der Waals surface area contributed by atoms with Crippen LogP contribution in [0, 0.1) is 5.75 Å². The third-order valence-corrected chi connectivity index (χ3v) is 3.32. The van der Waals surface area contributed by atoms with Crippen molar-refractivity contribution in [2.75, 3.05) is 12.3 Å². The van der Waals surface area contributed by atoms with Gasteiger partial charge in [0.05, 0.1) is 0 Å². The van der Waals surface area contributed by atoms with Crippen LogP contribution in [0.25, 0.3) is 0 Å². The Labute approximate surface area is 72.8 Å². The van der Waals surface area contributed by atoms with E-state index in [2.05, 4.69) is 22.9 Å². The fourth-order valence-corrected chi connectivity index (χ4v) is 2.64. The summed E-state index contributed by atoms with van der Waals surface area (Å²) in [6, 6.07) is 0.729. The fourth-order valence-electron chi connectivity index (χ4n) is 1.65. The molecular weight excluding hydrogens is 154 g/mol. The second kappa shape index (κ2) is 3.53. The molecule has 11 heavy (non-hydrogen) atoms. The summed E-state index contributed by atoms with van der Waals surface area (Å²) in [4.78, 5) is 2.46. The number of nitrogens with zero attached hydrogens (tertiary/aromatic N) is 1. The Kier molecular flexibility index (Phi) is 2.41. The van der Waals surface area contributed by atoms with E-state index >= 15 is 0 Å². The van der Waals surface area contributed by atoms with Gasteiger partial charge in [-0.05, 0) is 31.2 Å². The molecule has 61 valence electrons. The highest BCUT2D eigenvalue weighted by atomic mass is 32.2. The van der Waals surface area contributed by atoms with E-state index in [0.717, 1.165) is 6.04 Å². The van der Waals surface area contributed by atoms with Crippen molar-refractivity contribution < 1.29 is 0 Å². The Morgan fingerprint density at radius 1 is 1.45 bits per heavy atom. The van der Waals surface area contributed by atoms with Gasteiger partial charge in [-0.1, -0.05) is 6.08 Å². The van der Waals surface area contributed by atoms with Gasteiger partial charge in [0.2, 0.25) is 0 Å². The van der Waals surface area contributed by atoms with Gasteiger partial charge in [-0.25, -0.2) is 0 Å². The topological polar surface area (TPSA) is 3.24 Å². The van der Waals surface area contributed by atoms with Crippen LogP contribution in [0.5, 0.6) is 0 Å². The van der Waals surface area contributed by atoms with Crippen molar-refractivity contribution in [3.05, 3.63) is 18.0 Å². The Bertz CT molecular complexity index is 150. The van der Waals surface area contributed by atoms with Crippen molar-refractivity contribution in [1.29, 1.82) is 0 Å². The van der Waals surface area contributed by atoms with Crippen LogP contribution >= 0.6 is 11.8 Å². The molecule has 0 bridgehead atoms. The van der Waals surface area contributed by atoms with Crippen molar-refractivity contribution >= 4 is 11.8 Å². The molecule has 2 aliphatic heterocycles. The molecule has 0 aromatic carbocycles. The van der Waals surface area contributed by atoms with Gasteiger partial charge in [0.1, 0.15) is 0 Å². The highest BCUT2D eigenvalue weighted by Gasteiger charge is 2.20. The SMILES string of the molecule is [CH]1SCCCC1N1C=CCC1. The third kappa shape index (κ3) is 1.73. The van der Waals surface area contributed by atoms with E-state index in [1.807, 2.05) is 11.8 Å². The Balaban J connectivity index is 1.87. The van der Waals surface area contributed by atoms with E-state index in [1.165, 1.54) is 31.6 Å². The quantitative estimate of drug-likeness (QED) is 0.591. The van der Waals surface area contributed by atoms with Gasteiger partial charge < -0.3 is 4.90 Å². The number of rotatable bonds is 1. The van der Waals surface area contributed by atoms with Crippen molar-refractivity contribution in [2.24, 2.45) is 0 Å². The van der Waals surface area contributed by atoms with Crippen LogP contribution in [0.3, 0.4) is 0 Å². The zero-order chi connectivity index (χ0) is 7.52. The molecule has 1 atom stereocenters. The Morgan fingerprint density at radius 3 is 3.09 bits per heavy atom. The van der Waals surface area contributed by atoms with Crippen molar-refractivity contribution in [3.8, 4) is 0 Å². The predicted octanol–water partition coefficient (Wildman–Crippen LogP) is 2.26. The maximum atomic E-state index is 2.46. The lowest BCUT2D eigenvalue weighted by Crippen LogP contribution is -2.30. The standard InChI is InChI=1S/C9H14NS/c1-2-6-10(5-1)9-4-3-7-11-8-9/h1,5,8-9H,2-4,6-7H2. The highest BCUT2D eigenvalue weighted by molar-refractivity contribution is 8.01. The number of hydrogen-bond donors (Lipinski definition) is 0. The van der Waals surface area contributed by atoms with Crippen molar-refractivity contribution in [1.82, 2.24) is 4.90 Å². The summed E-state index contributed by atoms with van der Waals surface area (Å²) in [6.07, 6.45) is 8.52. The molecule has 0 aromatic rings. The van der Waals surface area contributed by atoms with Crippen LogP contribution in [0.1, 0.15) is 19.3 Å². The first-order valence-corrected chi connectivity index (χ1v) is 5.39. The molecular formula is C9H14NS. The molecule has 1 unspecified atom stereocenters. The van der Waals surface area contributed by atoms with Gasteiger partial charge in [0.25, 0.3) is 0 Å². The third-order valence-electron chi connectivity index (χ3n) is 2.29. The molecule has 1 radical (unpaired) electrons. The summed E-state index contributed by atoms with van der Waals surface area (Å²) in [5, 5.41) is 0. The van der Waals surface area contributed by atoms with Gasteiger partial charge in [0.15, 0.2) is 0 Å². The Hall–Kier alpha value is -0.110. The van der Waals surface area contributed by atoms with Crippen LogP contribution in [0.4, 0.5) is 0 Å².